The summed E-state index contributed by atoms with van der Waals surface area (Å²) in [7, 11) is 0. The normalized spacial score (nSPS) is 16.0. The summed E-state index contributed by atoms with van der Waals surface area (Å²) >= 11 is 0. The lowest BCUT2D eigenvalue weighted by molar-refractivity contribution is -0.152. The van der Waals surface area contributed by atoms with Crippen LogP contribution in [0.1, 0.15) is 42.6 Å². The van der Waals surface area contributed by atoms with Crippen molar-refractivity contribution >= 4 is 22.6 Å². The number of piperidine rings is 1. The molecule has 1 amide bonds. The highest BCUT2D eigenvalue weighted by Crippen LogP contribution is 2.35. The third kappa shape index (κ3) is 4.32. The largest absolute Gasteiger partial charge is 0.478 e. The van der Waals surface area contributed by atoms with Crippen molar-refractivity contribution in [3.8, 4) is 5.75 Å². The lowest BCUT2D eigenvalue weighted by Gasteiger charge is -2.38. The first kappa shape index (κ1) is 21.8. The predicted molar refractivity (Wildman–Crippen MR) is 122 cm³/mol. The summed E-state index contributed by atoms with van der Waals surface area (Å²) in [6.45, 7) is 3.81. The first-order valence-electron chi connectivity index (χ1n) is 10.7. The Bertz CT molecular complexity index is 1160. The van der Waals surface area contributed by atoms with Crippen molar-refractivity contribution in [2.45, 2.75) is 37.9 Å². The molecule has 1 aliphatic heterocycles. The van der Waals surface area contributed by atoms with Crippen LogP contribution in [0.2, 0.25) is 0 Å². The van der Waals surface area contributed by atoms with E-state index in [4.69, 9.17) is 4.74 Å². The molecular formula is C26H27NO5. The van der Waals surface area contributed by atoms with E-state index in [2.05, 4.69) is 0 Å². The van der Waals surface area contributed by atoms with E-state index in [0.717, 1.165) is 10.8 Å². The smallest absolute Gasteiger partial charge is 0.347 e. The highest BCUT2D eigenvalue weighted by molar-refractivity contribution is 5.98. The molecule has 1 fully saturated rings. The molecule has 0 spiro atoms. The molecule has 4 rings (SSSR count). The number of hydrogen-bond acceptors (Lipinski definition) is 4. The summed E-state index contributed by atoms with van der Waals surface area (Å²) < 4.78 is 5.62. The number of aliphatic carboxylic acids is 1. The number of carbonyl (C=O) groups excluding carboxylic acids is 1. The quantitative estimate of drug-likeness (QED) is 0.630. The number of aliphatic hydroxyl groups is 1. The van der Waals surface area contributed by atoms with E-state index in [9.17, 15) is 19.8 Å². The van der Waals surface area contributed by atoms with Gasteiger partial charge in [0.05, 0.1) is 5.60 Å². The van der Waals surface area contributed by atoms with Crippen LogP contribution in [0.3, 0.4) is 0 Å². The topological polar surface area (TPSA) is 87.1 Å². The molecule has 0 atom stereocenters. The fourth-order valence-corrected chi connectivity index (χ4v) is 4.06. The number of carbonyl (C=O) groups is 2. The molecule has 6 nitrogen and oxygen atoms in total. The SMILES string of the molecule is CC(C)(Oc1cccc(C2(O)CCN(C(=O)c3ccc4ccccc4c3)CC2)c1)C(=O)O. The van der Waals surface area contributed by atoms with Crippen molar-refractivity contribution in [3.63, 3.8) is 0 Å². The van der Waals surface area contributed by atoms with Gasteiger partial charge in [-0.1, -0.05) is 42.5 Å². The second-order valence-corrected chi connectivity index (χ2v) is 8.83. The summed E-state index contributed by atoms with van der Waals surface area (Å²) in [5, 5.41) is 22.7. The number of benzene rings is 3. The van der Waals surface area contributed by atoms with E-state index in [-0.39, 0.29) is 5.91 Å². The standard InChI is InChI=1S/C26H27NO5/c1-25(2,24(29)30)32-22-9-5-8-21(17-22)26(31)12-14-27(15-13-26)23(28)20-11-10-18-6-3-4-7-19(18)16-20/h3-11,16-17,31H,12-15H2,1-2H3,(H,29,30). The van der Waals surface area contributed by atoms with E-state index in [1.54, 1.807) is 29.2 Å². The zero-order valence-electron chi connectivity index (χ0n) is 18.2. The van der Waals surface area contributed by atoms with Crippen molar-refractivity contribution < 1.29 is 24.5 Å². The molecule has 0 aliphatic carbocycles. The zero-order valence-corrected chi connectivity index (χ0v) is 18.2. The number of nitrogens with zero attached hydrogens (tertiary/aromatic N) is 1. The minimum Gasteiger partial charge on any atom is -0.478 e. The van der Waals surface area contributed by atoms with Gasteiger partial charge in [0, 0.05) is 18.7 Å². The van der Waals surface area contributed by atoms with Gasteiger partial charge in [-0.15, -0.1) is 0 Å². The highest BCUT2D eigenvalue weighted by Gasteiger charge is 2.36. The molecular weight excluding hydrogens is 406 g/mol. The van der Waals surface area contributed by atoms with E-state index >= 15 is 0 Å². The molecule has 166 valence electrons. The van der Waals surface area contributed by atoms with Crippen LogP contribution < -0.4 is 4.74 Å². The Kier molecular flexibility index (Phi) is 5.65. The van der Waals surface area contributed by atoms with Gasteiger partial charge in [-0.2, -0.15) is 0 Å². The van der Waals surface area contributed by atoms with Gasteiger partial charge in [-0.05, 0) is 67.3 Å². The van der Waals surface area contributed by atoms with Gasteiger partial charge in [0.1, 0.15) is 5.75 Å². The highest BCUT2D eigenvalue weighted by atomic mass is 16.5. The molecule has 0 bridgehead atoms. The average molecular weight is 434 g/mol. The molecule has 0 radical (unpaired) electrons. The maximum absolute atomic E-state index is 13.0. The molecule has 0 aromatic heterocycles. The van der Waals surface area contributed by atoms with Gasteiger partial charge in [0.15, 0.2) is 5.60 Å². The van der Waals surface area contributed by atoms with E-state index in [1.165, 1.54) is 13.8 Å². The van der Waals surface area contributed by atoms with Crippen molar-refractivity contribution in [1.82, 2.24) is 4.90 Å². The van der Waals surface area contributed by atoms with Gasteiger partial charge in [0.2, 0.25) is 0 Å². The number of carboxylic acid groups (broad SMARTS) is 1. The maximum atomic E-state index is 13.0. The van der Waals surface area contributed by atoms with Gasteiger partial charge >= 0.3 is 5.97 Å². The molecule has 32 heavy (non-hydrogen) atoms. The second kappa shape index (κ2) is 8.28. The Balaban J connectivity index is 1.47. The Morgan fingerprint density at radius 1 is 0.938 bits per heavy atom. The zero-order chi connectivity index (χ0) is 22.9. The van der Waals surface area contributed by atoms with Crippen LogP contribution in [0, 0.1) is 0 Å². The van der Waals surface area contributed by atoms with E-state index in [0.29, 0.717) is 42.8 Å². The Labute approximate surface area is 187 Å². The number of ether oxygens (including phenoxy) is 1. The molecule has 1 heterocycles. The minimum atomic E-state index is -1.38. The summed E-state index contributed by atoms with van der Waals surface area (Å²) in [6.07, 6.45) is 0.774. The number of hydrogen-bond donors (Lipinski definition) is 2. The van der Waals surface area contributed by atoms with Crippen molar-refractivity contribution in [2.24, 2.45) is 0 Å². The molecule has 1 aliphatic rings. The summed E-state index contributed by atoms with van der Waals surface area (Å²) in [5.74, 6) is -0.724. The summed E-state index contributed by atoms with van der Waals surface area (Å²) in [6, 6.07) is 20.5. The van der Waals surface area contributed by atoms with Crippen molar-refractivity contribution in [2.75, 3.05) is 13.1 Å². The predicted octanol–water partition coefficient (Wildman–Crippen LogP) is 4.21. The average Bonchev–Trinajstić information content (AvgIpc) is 2.78. The Hall–Kier alpha value is -3.38. The number of rotatable bonds is 5. The van der Waals surface area contributed by atoms with Crippen molar-refractivity contribution in [3.05, 3.63) is 77.9 Å². The fourth-order valence-electron chi connectivity index (χ4n) is 4.06. The minimum absolute atomic E-state index is 0.0434. The van der Waals surface area contributed by atoms with Crippen molar-refractivity contribution in [1.29, 1.82) is 0 Å². The molecule has 1 saturated heterocycles. The van der Waals surface area contributed by atoms with Gasteiger partial charge in [-0.25, -0.2) is 4.79 Å². The monoisotopic (exact) mass is 433 g/mol. The Morgan fingerprint density at radius 3 is 2.31 bits per heavy atom. The van der Waals surface area contributed by atoms with Crippen LogP contribution in [0.4, 0.5) is 0 Å². The molecule has 3 aromatic rings. The van der Waals surface area contributed by atoms with Crippen LogP contribution in [0.5, 0.6) is 5.75 Å². The van der Waals surface area contributed by atoms with Crippen LogP contribution in [-0.4, -0.2) is 45.7 Å². The third-order valence-corrected chi connectivity index (χ3v) is 6.13. The molecule has 6 heteroatoms. The maximum Gasteiger partial charge on any atom is 0.347 e. The molecule has 0 unspecified atom stereocenters. The van der Waals surface area contributed by atoms with Crippen LogP contribution in [0.15, 0.2) is 66.7 Å². The van der Waals surface area contributed by atoms with E-state index < -0.39 is 17.2 Å². The van der Waals surface area contributed by atoms with Crippen LogP contribution in [-0.2, 0) is 10.4 Å². The third-order valence-electron chi connectivity index (χ3n) is 6.13. The molecule has 0 saturated carbocycles. The lowest BCUT2D eigenvalue weighted by Crippen LogP contribution is -2.45. The number of amides is 1. The first-order chi connectivity index (χ1) is 15.2. The van der Waals surface area contributed by atoms with Crippen LogP contribution >= 0.6 is 0 Å². The van der Waals surface area contributed by atoms with Gasteiger partial charge < -0.3 is 19.8 Å². The second-order valence-electron chi connectivity index (χ2n) is 8.83. The molecule has 2 N–H and O–H groups in total. The summed E-state index contributed by atoms with van der Waals surface area (Å²) in [5.41, 5.74) is -1.18. The van der Waals surface area contributed by atoms with Gasteiger partial charge in [0.25, 0.3) is 5.91 Å². The molecule has 3 aromatic carbocycles. The number of likely N-dealkylation sites (tertiary alicyclic amines) is 1. The van der Waals surface area contributed by atoms with Gasteiger partial charge in [-0.3, -0.25) is 4.79 Å². The number of carboxylic acids is 1. The lowest BCUT2D eigenvalue weighted by atomic mass is 9.84. The fraction of sp³-hybridized carbons (Fsp3) is 0.308. The Morgan fingerprint density at radius 2 is 1.62 bits per heavy atom. The van der Waals surface area contributed by atoms with E-state index in [1.807, 2.05) is 42.5 Å². The number of fused-ring (bicyclic) bond motifs is 1. The van der Waals surface area contributed by atoms with Crippen LogP contribution in [0.25, 0.3) is 10.8 Å². The summed E-state index contributed by atoms with van der Waals surface area (Å²) in [4.78, 5) is 26.2. The first-order valence-corrected chi connectivity index (χ1v) is 10.7.